The Morgan fingerprint density at radius 1 is 0.500 bits per heavy atom. The summed E-state index contributed by atoms with van der Waals surface area (Å²) in [6.45, 7) is 18.9. The topological polar surface area (TPSA) is 36.9 Å². The molecule has 4 heteroatoms. The Hall–Kier alpha value is -0.160. The van der Waals surface area contributed by atoms with Crippen molar-refractivity contribution in [3.63, 3.8) is 0 Å². The van der Waals surface area contributed by atoms with Crippen molar-refractivity contribution < 1.29 is 19.6 Å². The maximum atomic E-state index is 5.50. The SMILES string of the molecule is CCCCCCCC(C)CCC(C)CCCCCCC(OOC(C)(C)C)OOC(C)(C)C. The molecule has 0 saturated heterocycles. The average molecular weight is 459 g/mol. The van der Waals surface area contributed by atoms with Crippen molar-refractivity contribution in [1.82, 2.24) is 0 Å². The van der Waals surface area contributed by atoms with Crippen LogP contribution in [-0.2, 0) is 19.6 Å². The summed E-state index contributed by atoms with van der Waals surface area (Å²) < 4.78 is 0. The van der Waals surface area contributed by atoms with Crippen LogP contribution in [0.5, 0.6) is 0 Å². The molecule has 0 radical (unpaired) electrons. The number of rotatable bonds is 20. The van der Waals surface area contributed by atoms with Crippen LogP contribution in [0.3, 0.4) is 0 Å². The fraction of sp³-hybridized carbons (Fsp3) is 1.00. The molecule has 2 atom stereocenters. The highest BCUT2D eigenvalue weighted by Crippen LogP contribution is 2.23. The largest absolute Gasteiger partial charge is 0.228 e. The molecule has 0 saturated carbocycles. The van der Waals surface area contributed by atoms with E-state index >= 15 is 0 Å². The van der Waals surface area contributed by atoms with Crippen LogP contribution in [0.2, 0.25) is 0 Å². The van der Waals surface area contributed by atoms with E-state index in [0.29, 0.717) is 0 Å². The van der Waals surface area contributed by atoms with E-state index in [1.807, 2.05) is 41.5 Å². The van der Waals surface area contributed by atoms with Crippen LogP contribution in [-0.4, -0.2) is 17.5 Å². The van der Waals surface area contributed by atoms with E-state index in [1.165, 1.54) is 77.0 Å². The zero-order valence-electron chi connectivity index (χ0n) is 23.3. The van der Waals surface area contributed by atoms with Gasteiger partial charge in [0.25, 0.3) is 0 Å². The van der Waals surface area contributed by atoms with E-state index in [-0.39, 0.29) is 11.2 Å². The van der Waals surface area contributed by atoms with Crippen molar-refractivity contribution >= 4 is 0 Å². The van der Waals surface area contributed by atoms with Gasteiger partial charge in [0.15, 0.2) is 0 Å². The quantitative estimate of drug-likeness (QED) is 0.0787. The van der Waals surface area contributed by atoms with Crippen LogP contribution in [0.25, 0.3) is 0 Å². The van der Waals surface area contributed by atoms with Gasteiger partial charge in [0, 0.05) is 6.42 Å². The molecule has 0 aromatic carbocycles. The molecule has 0 aliphatic rings. The van der Waals surface area contributed by atoms with Gasteiger partial charge in [0.2, 0.25) is 6.29 Å². The molecule has 0 bridgehead atoms. The third-order valence-corrected chi connectivity index (χ3v) is 5.65. The van der Waals surface area contributed by atoms with Gasteiger partial charge >= 0.3 is 0 Å². The molecule has 0 N–H and O–H groups in total. The number of hydrogen-bond donors (Lipinski definition) is 0. The van der Waals surface area contributed by atoms with Crippen molar-refractivity contribution in [1.29, 1.82) is 0 Å². The average Bonchev–Trinajstić information content (AvgIpc) is 2.68. The van der Waals surface area contributed by atoms with Crippen molar-refractivity contribution in [2.24, 2.45) is 11.8 Å². The first-order valence-electron chi connectivity index (χ1n) is 13.6. The molecule has 0 aromatic rings. The summed E-state index contributed by atoms with van der Waals surface area (Å²) in [6, 6.07) is 0. The van der Waals surface area contributed by atoms with Crippen molar-refractivity contribution in [3.05, 3.63) is 0 Å². The van der Waals surface area contributed by atoms with E-state index in [1.54, 1.807) is 0 Å². The minimum absolute atomic E-state index is 0.369. The van der Waals surface area contributed by atoms with Crippen LogP contribution in [0.4, 0.5) is 0 Å². The molecule has 0 heterocycles. The van der Waals surface area contributed by atoms with Crippen molar-refractivity contribution in [2.75, 3.05) is 0 Å². The Morgan fingerprint density at radius 2 is 0.875 bits per heavy atom. The molecule has 0 rings (SSSR count). The Kier molecular flexibility index (Phi) is 18.1. The van der Waals surface area contributed by atoms with Gasteiger partial charge in [-0.1, -0.05) is 97.8 Å². The highest BCUT2D eigenvalue weighted by Gasteiger charge is 2.21. The molecular formula is C28H58O4. The maximum Gasteiger partial charge on any atom is 0.224 e. The number of unbranched alkanes of at least 4 members (excludes halogenated alkanes) is 7. The Bertz CT molecular complexity index is 393. The lowest BCUT2D eigenvalue weighted by molar-refractivity contribution is -0.497. The normalized spacial score (nSPS) is 14.8. The first-order chi connectivity index (χ1) is 14.9. The van der Waals surface area contributed by atoms with Gasteiger partial charge in [-0.05, 0) is 59.8 Å². The first kappa shape index (κ1) is 31.8. The lowest BCUT2D eigenvalue weighted by atomic mass is 9.91. The highest BCUT2D eigenvalue weighted by molar-refractivity contribution is 4.61. The molecule has 0 aliphatic heterocycles. The van der Waals surface area contributed by atoms with Gasteiger partial charge in [-0.3, -0.25) is 0 Å². The molecule has 0 fully saturated rings. The van der Waals surface area contributed by atoms with Crippen molar-refractivity contribution in [3.8, 4) is 0 Å². The summed E-state index contributed by atoms with van der Waals surface area (Å²) >= 11 is 0. The summed E-state index contributed by atoms with van der Waals surface area (Å²) in [6.07, 6.45) is 17.7. The highest BCUT2D eigenvalue weighted by atomic mass is 17.3. The molecule has 32 heavy (non-hydrogen) atoms. The lowest BCUT2D eigenvalue weighted by Crippen LogP contribution is -2.29. The molecule has 0 amide bonds. The van der Waals surface area contributed by atoms with Gasteiger partial charge in [-0.15, -0.1) is 0 Å². The van der Waals surface area contributed by atoms with Crippen LogP contribution >= 0.6 is 0 Å². The second-order valence-corrected chi connectivity index (χ2v) is 12.0. The molecule has 194 valence electrons. The van der Waals surface area contributed by atoms with Crippen molar-refractivity contribution in [2.45, 2.75) is 170 Å². The fourth-order valence-corrected chi connectivity index (χ4v) is 3.62. The maximum absolute atomic E-state index is 5.50. The van der Waals surface area contributed by atoms with Gasteiger partial charge in [-0.25, -0.2) is 19.6 Å². The van der Waals surface area contributed by atoms with Gasteiger partial charge in [0.05, 0.1) is 11.2 Å². The standard InChI is InChI=1S/C28H58O4/c1-10-11-12-13-16-19-24(2)22-23-25(3)20-17-14-15-18-21-26(29-31-27(4,5)6)30-32-28(7,8)9/h24-26H,10-23H2,1-9H3. The van der Waals surface area contributed by atoms with Gasteiger partial charge in [-0.2, -0.15) is 0 Å². The number of hydrogen-bond acceptors (Lipinski definition) is 4. The third-order valence-electron chi connectivity index (χ3n) is 5.65. The zero-order valence-corrected chi connectivity index (χ0v) is 23.3. The fourth-order valence-electron chi connectivity index (χ4n) is 3.62. The van der Waals surface area contributed by atoms with Crippen LogP contribution in [0.15, 0.2) is 0 Å². The summed E-state index contributed by atoms with van der Waals surface area (Å²) in [5.41, 5.74) is -0.738. The smallest absolute Gasteiger partial charge is 0.224 e. The van der Waals surface area contributed by atoms with E-state index in [9.17, 15) is 0 Å². The Balaban J connectivity index is 3.88. The molecular weight excluding hydrogens is 400 g/mol. The summed E-state index contributed by atoms with van der Waals surface area (Å²) in [5, 5.41) is 0. The minimum atomic E-state index is -0.490. The minimum Gasteiger partial charge on any atom is -0.228 e. The van der Waals surface area contributed by atoms with Gasteiger partial charge < -0.3 is 0 Å². The monoisotopic (exact) mass is 458 g/mol. The lowest BCUT2D eigenvalue weighted by Gasteiger charge is -2.25. The predicted octanol–water partition coefficient (Wildman–Crippen LogP) is 9.56. The zero-order chi connectivity index (χ0) is 24.5. The molecule has 0 aromatic heterocycles. The van der Waals surface area contributed by atoms with E-state index < -0.39 is 6.29 Å². The predicted molar refractivity (Wildman–Crippen MR) is 136 cm³/mol. The van der Waals surface area contributed by atoms with E-state index in [0.717, 1.165) is 24.7 Å². The summed E-state index contributed by atoms with van der Waals surface area (Å²) in [4.78, 5) is 21.9. The van der Waals surface area contributed by atoms with Crippen LogP contribution in [0, 0.1) is 11.8 Å². The first-order valence-corrected chi connectivity index (χ1v) is 13.6. The van der Waals surface area contributed by atoms with Crippen LogP contribution in [0.1, 0.15) is 152 Å². The Morgan fingerprint density at radius 3 is 1.25 bits per heavy atom. The molecule has 4 nitrogen and oxygen atoms in total. The summed E-state index contributed by atoms with van der Waals surface area (Å²) in [5.74, 6) is 1.74. The van der Waals surface area contributed by atoms with Gasteiger partial charge in [0.1, 0.15) is 0 Å². The van der Waals surface area contributed by atoms with Crippen LogP contribution < -0.4 is 0 Å². The molecule has 0 aliphatic carbocycles. The second-order valence-electron chi connectivity index (χ2n) is 12.0. The molecule has 2 unspecified atom stereocenters. The molecule has 0 spiro atoms. The third kappa shape index (κ3) is 23.0. The summed E-state index contributed by atoms with van der Waals surface area (Å²) in [7, 11) is 0. The van der Waals surface area contributed by atoms with E-state index in [4.69, 9.17) is 19.6 Å². The Labute approximate surface area is 201 Å². The van der Waals surface area contributed by atoms with E-state index in [2.05, 4.69) is 20.8 Å². The second kappa shape index (κ2) is 18.2.